The van der Waals surface area contributed by atoms with Crippen molar-refractivity contribution in [3.05, 3.63) is 46.5 Å². The summed E-state index contributed by atoms with van der Waals surface area (Å²) in [5, 5.41) is 0.269. The number of methoxy groups -OCH3 is 1. The van der Waals surface area contributed by atoms with Crippen molar-refractivity contribution < 1.29 is 32.5 Å². The molecule has 0 saturated carbocycles. The Balaban J connectivity index is 1.77. The second-order valence-corrected chi connectivity index (χ2v) is 7.32. The number of anilines is 1. The number of hydrogen-bond donors (Lipinski definition) is 1. The Hall–Kier alpha value is -2.29. The van der Waals surface area contributed by atoms with Crippen LogP contribution in [0.5, 0.6) is 17.2 Å². The summed E-state index contributed by atoms with van der Waals surface area (Å²) in [5.41, 5.74) is 6.04. The van der Waals surface area contributed by atoms with Gasteiger partial charge in [-0.15, -0.1) is 0 Å². The molecule has 6 nitrogen and oxygen atoms in total. The molecule has 0 spiro atoms. The van der Waals surface area contributed by atoms with Gasteiger partial charge in [0.25, 0.3) is 0 Å². The zero-order valence-electron chi connectivity index (χ0n) is 16.3. The van der Waals surface area contributed by atoms with Crippen molar-refractivity contribution in [2.24, 2.45) is 0 Å². The third-order valence-corrected chi connectivity index (χ3v) is 4.63. The topological polar surface area (TPSA) is 72.2 Å². The highest BCUT2D eigenvalue weighted by molar-refractivity contribution is 6.33. The van der Waals surface area contributed by atoms with E-state index in [1.807, 2.05) is 13.8 Å². The molecule has 2 aromatic carbocycles. The van der Waals surface area contributed by atoms with Gasteiger partial charge < -0.3 is 29.4 Å². The Morgan fingerprint density at radius 2 is 1.90 bits per heavy atom. The first-order valence-corrected chi connectivity index (χ1v) is 9.25. The predicted molar refractivity (Wildman–Crippen MR) is 104 cm³/mol. The number of rotatable bonds is 7. The molecule has 0 aromatic heterocycles. The number of nitrogen functional groups attached to an aromatic ring is 1. The molecule has 1 fully saturated rings. The van der Waals surface area contributed by atoms with E-state index in [-0.39, 0.29) is 52.8 Å². The normalized spacial score (nSPS) is 17.9. The lowest BCUT2D eigenvalue weighted by Gasteiger charge is -2.19. The van der Waals surface area contributed by atoms with Gasteiger partial charge in [-0.3, -0.25) is 0 Å². The van der Waals surface area contributed by atoms with Crippen LogP contribution < -0.4 is 19.9 Å². The average Bonchev–Trinajstić information content (AvgIpc) is 3.03. The van der Waals surface area contributed by atoms with Crippen molar-refractivity contribution >= 4 is 17.3 Å². The molecule has 1 aliphatic rings. The first kappa shape index (κ1) is 21.4. The molecule has 0 aliphatic carbocycles. The molecular formula is C20H22ClF2NO5. The van der Waals surface area contributed by atoms with Gasteiger partial charge in [0.2, 0.25) is 0 Å². The van der Waals surface area contributed by atoms with Crippen LogP contribution in [-0.4, -0.2) is 32.2 Å². The number of nitrogens with two attached hydrogens (primary N) is 1. The second-order valence-electron chi connectivity index (χ2n) is 6.91. The lowest BCUT2D eigenvalue weighted by molar-refractivity contribution is -0.141. The molecule has 1 saturated heterocycles. The van der Waals surface area contributed by atoms with Crippen LogP contribution in [0.2, 0.25) is 5.02 Å². The standard InChI is InChI=1S/C20H22ClF2NO5/c1-20(2)28-9-11(29-20)8-26-17-6-13(21)15(24)7-18(17)27-10-12-16(25-3)5-4-14(22)19(12)23/h4-7,11H,8-10,24H2,1-3H3. The highest BCUT2D eigenvalue weighted by Crippen LogP contribution is 2.37. The van der Waals surface area contributed by atoms with E-state index in [2.05, 4.69) is 0 Å². The summed E-state index contributed by atoms with van der Waals surface area (Å²) in [6.45, 7) is 3.86. The summed E-state index contributed by atoms with van der Waals surface area (Å²) in [7, 11) is 1.36. The highest BCUT2D eigenvalue weighted by Gasteiger charge is 2.33. The Morgan fingerprint density at radius 3 is 2.55 bits per heavy atom. The van der Waals surface area contributed by atoms with E-state index in [0.29, 0.717) is 6.61 Å². The van der Waals surface area contributed by atoms with E-state index in [9.17, 15) is 8.78 Å². The van der Waals surface area contributed by atoms with Crippen molar-refractivity contribution in [2.45, 2.75) is 32.3 Å². The fourth-order valence-electron chi connectivity index (χ4n) is 2.85. The average molecular weight is 430 g/mol. The lowest BCUT2D eigenvalue weighted by atomic mass is 10.2. The van der Waals surface area contributed by atoms with E-state index >= 15 is 0 Å². The van der Waals surface area contributed by atoms with Gasteiger partial charge in [0.05, 0.1) is 30.0 Å². The Bertz CT molecular complexity index is 894. The SMILES string of the molecule is COc1ccc(F)c(F)c1COc1cc(N)c(Cl)cc1OCC1COC(C)(C)O1. The number of ether oxygens (including phenoxy) is 5. The van der Waals surface area contributed by atoms with Crippen molar-refractivity contribution in [1.82, 2.24) is 0 Å². The molecule has 0 bridgehead atoms. The molecule has 3 rings (SSSR count). The van der Waals surface area contributed by atoms with Crippen LogP contribution in [0.4, 0.5) is 14.5 Å². The summed E-state index contributed by atoms with van der Waals surface area (Å²) in [6, 6.07) is 5.26. The van der Waals surface area contributed by atoms with Crippen molar-refractivity contribution in [3.63, 3.8) is 0 Å². The monoisotopic (exact) mass is 429 g/mol. The molecule has 29 heavy (non-hydrogen) atoms. The minimum absolute atomic E-state index is 0.0683. The fourth-order valence-corrected chi connectivity index (χ4v) is 3.01. The molecule has 0 amide bonds. The minimum Gasteiger partial charge on any atom is -0.496 e. The molecule has 0 radical (unpaired) electrons. The molecule has 1 aliphatic heterocycles. The van der Waals surface area contributed by atoms with Crippen molar-refractivity contribution in [2.75, 3.05) is 26.1 Å². The van der Waals surface area contributed by atoms with Gasteiger partial charge in [-0.05, 0) is 26.0 Å². The van der Waals surface area contributed by atoms with E-state index in [1.54, 1.807) is 0 Å². The number of hydrogen-bond acceptors (Lipinski definition) is 6. The quantitative estimate of drug-likeness (QED) is 0.661. The molecule has 1 atom stereocenters. The summed E-state index contributed by atoms with van der Waals surface area (Å²) in [6.07, 6.45) is -0.282. The van der Waals surface area contributed by atoms with Gasteiger partial charge in [0.15, 0.2) is 28.9 Å². The Morgan fingerprint density at radius 1 is 1.17 bits per heavy atom. The zero-order valence-corrected chi connectivity index (χ0v) is 17.0. The summed E-state index contributed by atoms with van der Waals surface area (Å²) in [4.78, 5) is 0. The molecule has 1 unspecified atom stereocenters. The van der Waals surface area contributed by atoms with E-state index < -0.39 is 17.4 Å². The molecule has 158 valence electrons. The second kappa shape index (κ2) is 8.61. The van der Waals surface area contributed by atoms with Crippen LogP contribution in [-0.2, 0) is 16.1 Å². The maximum absolute atomic E-state index is 14.2. The van der Waals surface area contributed by atoms with Gasteiger partial charge in [-0.2, -0.15) is 0 Å². The smallest absolute Gasteiger partial charge is 0.169 e. The van der Waals surface area contributed by atoms with Crippen LogP contribution in [0.25, 0.3) is 0 Å². The molecule has 1 heterocycles. The summed E-state index contributed by atoms with van der Waals surface area (Å²) in [5.74, 6) is -2.07. The van der Waals surface area contributed by atoms with E-state index in [0.717, 1.165) is 6.07 Å². The summed E-state index contributed by atoms with van der Waals surface area (Å²) >= 11 is 6.09. The number of benzene rings is 2. The predicted octanol–water partition coefficient (Wildman–Crippen LogP) is 4.32. The third-order valence-electron chi connectivity index (χ3n) is 4.30. The zero-order chi connectivity index (χ0) is 21.2. The van der Waals surface area contributed by atoms with Crippen LogP contribution in [0, 0.1) is 11.6 Å². The molecule has 2 N–H and O–H groups in total. The lowest BCUT2D eigenvalue weighted by Crippen LogP contribution is -2.25. The molecular weight excluding hydrogens is 408 g/mol. The van der Waals surface area contributed by atoms with Gasteiger partial charge in [-0.25, -0.2) is 8.78 Å². The Labute approximate surface area is 172 Å². The Kier molecular flexibility index (Phi) is 6.36. The number of halogens is 3. The van der Waals surface area contributed by atoms with Crippen molar-refractivity contribution in [3.8, 4) is 17.2 Å². The van der Waals surface area contributed by atoms with Gasteiger partial charge in [0, 0.05) is 12.1 Å². The van der Waals surface area contributed by atoms with Crippen LogP contribution in [0.15, 0.2) is 24.3 Å². The van der Waals surface area contributed by atoms with Gasteiger partial charge >= 0.3 is 0 Å². The molecule has 2 aromatic rings. The largest absolute Gasteiger partial charge is 0.496 e. The first-order chi connectivity index (χ1) is 13.7. The fraction of sp³-hybridized carbons (Fsp3) is 0.400. The van der Waals surface area contributed by atoms with E-state index in [4.69, 9.17) is 41.0 Å². The first-order valence-electron chi connectivity index (χ1n) is 8.87. The molecule has 9 heteroatoms. The van der Waals surface area contributed by atoms with Gasteiger partial charge in [-0.1, -0.05) is 11.6 Å². The van der Waals surface area contributed by atoms with Crippen LogP contribution >= 0.6 is 11.6 Å². The maximum atomic E-state index is 14.2. The third kappa shape index (κ3) is 5.01. The van der Waals surface area contributed by atoms with E-state index in [1.165, 1.54) is 25.3 Å². The van der Waals surface area contributed by atoms with Crippen LogP contribution in [0.1, 0.15) is 19.4 Å². The highest BCUT2D eigenvalue weighted by atomic mass is 35.5. The van der Waals surface area contributed by atoms with Crippen LogP contribution in [0.3, 0.4) is 0 Å². The minimum atomic E-state index is -1.05. The van der Waals surface area contributed by atoms with Crippen molar-refractivity contribution in [1.29, 1.82) is 0 Å². The van der Waals surface area contributed by atoms with Gasteiger partial charge in [0.1, 0.15) is 25.1 Å². The maximum Gasteiger partial charge on any atom is 0.169 e. The summed E-state index contributed by atoms with van der Waals surface area (Å²) < 4.78 is 55.5.